The van der Waals surface area contributed by atoms with Crippen LogP contribution in [-0.4, -0.2) is 20.9 Å². The Labute approximate surface area is 139 Å². The van der Waals surface area contributed by atoms with Gasteiger partial charge >= 0.3 is 0 Å². The van der Waals surface area contributed by atoms with Crippen molar-refractivity contribution >= 4 is 17.3 Å². The Morgan fingerprint density at radius 3 is 2.83 bits per heavy atom. The maximum absolute atomic E-state index is 11.7. The number of anilines is 1. The normalized spacial score (nSPS) is 14.9. The molecule has 2 aromatic rings. The first kappa shape index (κ1) is 15.8. The molecule has 1 N–H and O–H groups in total. The van der Waals surface area contributed by atoms with Crippen molar-refractivity contribution in [3.05, 3.63) is 45.5 Å². The van der Waals surface area contributed by atoms with Crippen LogP contribution in [0.15, 0.2) is 29.3 Å². The Hall–Kier alpha value is -2.08. The summed E-state index contributed by atoms with van der Waals surface area (Å²) in [4.78, 5) is 16.0. The summed E-state index contributed by atoms with van der Waals surface area (Å²) in [6.07, 6.45) is 8.29. The van der Waals surface area contributed by atoms with Crippen LogP contribution in [0.25, 0.3) is 0 Å². The summed E-state index contributed by atoms with van der Waals surface area (Å²) >= 11 is 6.01. The number of halogens is 1. The molecule has 0 aromatic carbocycles. The minimum atomic E-state index is -0.324. The van der Waals surface area contributed by atoms with E-state index in [-0.39, 0.29) is 10.6 Å². The minimum Gasteiger partial charge on any atom is -0.474 e. The lowest BCUT2D eigenvalue weighted by molar-refractivity contribution is 0.201. The molecule has 3 rings (SSSR count). The summed E-state index contributed by atoms with van der Waals surface area (Å²) in [6, 6.07) is 3.83. The largest absolute Gasteiger partial charge is 0.474 e. The molecule has 0 amide bonds. The fourth-order valence-corrected chi connectivity index (χ4v) is 2.83. The molecule has 122 valence electrons. The van der Waals surface area contributed by atoms with Crippen molar-refractivity contribution in [2.45, 2.75) is 38.3 Å². The van der Waals surface area contributed by atoms with E-state index in [1.165, 1.54) is 23.7 Å². The van der Waals surface area contributed by atoms with E-state index in [0.717, 1.165) is 18.4 Å². The topological polar surface area (TPSA) is 69.0 Å². The van der Waals surface area contributed by atoms with Gasteiger partial charge in [0.15, 0.2) is 0 Å². The second-order valence-corrected chi connectivity index (χ2v) is 6.06. The molecule has 0 aliphatic heterocycles. The summed E-state index contributed by atoms with van der Waals surface area (Å²) in [5.41, 5.74) is 1.16. The fourth-order valence-electron chi connectivity index (χ4n) is 2.59. The van der Waals surface area contributed by atoms with E-state index >= 15 is 0 Å². The maximum Gasteiger partial charge on any atom is 0.287 e. The van der Waals surface area contributed by atoms with Gasteiger partial charge in [-0.25, -0.2) is 9.67 Å². The fraction of sp³-hybridized carbons (Fsp3) is 0.438. The minimum absolute atomic E-state index is 0.136. The zero-order valence-electron chi connectivity index (χ0n) is 13.0. The molecule has 1 aliphatic carbocycles. The maximum atomic E-state index is 11.7. The van der Waals surface area contributed by atoms with Crippen LogP contribution in [0.2, 0.25) is 5.02 Å². The van der Waals surface area contributed by atoms with Gasteiger partial charge in [-0.3, -0.25) is 4.79 Å². The van der Waals surface area contributed by atoms with Crippen molar-refractivity contribution in [1.29, 1.82) is 0 Å². The zero-order valence-corrected chi connectivity index (χ0v) is 13.7. The van der Waals surface area contributed by atoms with Crippen molar-refractivity contribution in [3.8, 4) is 5.88 Å². The molecule has 23 heavy (non-hydrogen) atoms. The van der Waals surface area contributed by atoms with Crippen molar-refractivity contribution in [2.75, 3.05) is 5.32 Å². The van der Waals surface area contributed by atoms with Crippen LogP contribution < -0.4 is 15.6 Å². The van der Waals surface area contributed by atoms with E-state index in [1.54, 1.807) is 13.2 Å². The number of aryl methyl sites for hydroxylation is 1. The molecule has 0 saturated heterocycles. The molecular weight excluding hydrogens is 316 g/mol. The van der Waals surface area contributed by atoms with Gasteiger partial charge in [-0.2, -0.15) is 5.10 Å². The predicted molar refractivity (Wildman–Crippen MR) is 88.9 cm³/mol. The van der Waals surface area contributed by atoms with Crippen LogP contribution in [-0.2, 0) is 13.6 Å². The molecule has 2 heterocycles. The second kappa shape index (κ2) is 7.00. The lowest BCUT2D eigenvalue weighted by Gasteiger charge is -2.12. The number of nitrogens with zero attached hydrogens (tertiary/aromatic N) is 3. The number of nitrogens with one attached hydrogen (secondary N) is 1. The van der Waals surface area contributed by atoms with Gasteiger partial charge in [0.2, 0.25) is 5.88 Å². The number of ether oxygens (including phenoxy) is 1. The van der Waals surface area contributed by atoms with Gasteiger partial charge in [0.25, 0.3) is 5.56 Å². The Morgan fingerprint density at radius 2 is 2.13 bits per heavy atom. The molecule has 0 atom stereocenters. The van der Waals surface area contributed by atoms with Crippen LogP contribution in [0.1, 0.15) is 31.2 Å². The Bertz CT molecular complexity index is 724. The smallest absolute Gasteiger partial charge is 0.287 e. The van der Waals surface area contributed by atoms with Crippen LogP contribution >= 0.6 is 11.6 Å². The molecule has 7 heteroatoms. The Morgan fingerprint density at radius 1 is 1.35 bits per heavy atom. The van der Waals surface area contributed by atoms with Crippen LogP contribution in [0.3, 0.4) is 0 Å². The van der Waals surface area contributed by atoms with E-state index in [1.807, 2.05) is 12.1 Å². The SMILES string of the molecule is Cn1ncc(NCc2ccc(OC3CCCC3)nc2)c(Cl)c1=O. The number of hydrogen-bond donors (Lipinski definition) is 1. The standard InChI is InChI=1S/C16H19ClN4O2/c1-21-16(22)15(17)13(10-20-21)18-8-11-6-7-14(19-9-11)23-12-4-2-3-5-12/h6-7,9-10,12,18H,2-5,8H2,1H3. The number of hydrogen-bond acceptors (Lipinski definition) is 5. The monoisotopic (exact) mass is 334 g/mol. The highest BCUT2D eigenvalue weighted by molar-refractivity contribution is 6.32. The van der Waals surface area contributed by atoms with Crippen molar-refractivity contribution in [1.82, 2.24) is 14.8 Å². The molecule has 0 unspecified atom stereocenters. The third-order valence-corrected chi connectivity index (χ3v) is 4.31. The molecule has 0 spiro atoms. The average Bonchev–Trinajstić information content (AvgIpc) is 3.06. The first-order chi connectivity index (χ1) is 11.1. The van der Waals surface area contributed by atoms with E-state index in [2.05, 4.69) is 15.4 Å². The summed E-state index contributed by atoms with van der Waals surface area (Å²) in [5, 5.41) is 7.18. The van der Waals surface area contributed by atoms with Gasteiger partial charge < -0.3 is 10.1 Å². The van der Waals surface area contributed by atoms with E-state index in [4.69, 9.17) is 16.3 Å². The summed E-state index contributed by atoms with van der Waals surface area (Å²) in [7, 11) is 1.56. The van der Waals surface area contributed by atoms with E-state index in [0.29, 0.717) is 24.2 Å². The van der Waals surface area contributed by atoms with Gasteiger partial charge in [0.05, 0.1) is 11.9 Å². The third kappa shape index (κ3) is 3.82. The highest BCUT2D eigenvalue weighted by atomic mass is 35.5. The molecule has 1 saturated carbocycles. The lowest BCUT2D eigenvalue weighted by Crippen LogP contribution is -2.21. The van der Waals surface area contributed by atoms with E-state index < -0.39 is 0 Å². The predicted octanol–water partition coefficient (Wildman–Crippen LogP) is 2.76. The Kier molecular flexibility index (Phi) is 4.81. The molecular formula is C16H19ClN4O2. The lowest BCUT2D eigenvalue weighted by atomic mass is 10.2. The molecule has 0 bridgehead atoms. The molecule has 6 nitrogen and oxygen atoms in total. The molecule has 1 fully saturated rings. The average molecular weight is 335 g/mol. The Balaban J connectivity index is 1.60. The summed E-state index contributed by atoms with van der Waals surface area (Å²) < 4.78 is 7.03. The van der Waals surface area contributed by atoms with Crippen molar-refractivity contribution < 1.29 is 4.74 Å². The third-order valence-electron chi connectivity index (χ3n) is 3.95. The van der Waals surface area contributed by atoms with Crippen molar-refractivity contribution in [3.63, 3.8) is 0 Å². The van der Waals surface area contributed by atoms with Gasteiger partial charge in [0.1, 0.15) is 11.1 Å². The van der Waals surface area contributed by atoms with Crippen LogP contribution in [0, 0.1) is 0 Å². The highest BCUT2D eigenvalue weighted by Gasteiger charge is 2.16. The van der Waals surface area contributed by atoms with E-state index in [9.17, 15) is 4.79 Å². The highest BCUT2D eigenvalue weighted by Crippen LogP contribution is 2.23. The summed E-state index contributed by atoms with van der Waals surface area (Å²) in [5.74, 6) is 0.661. The van der Waals surface area contributed by atoms with Crippen LogP contribution in [0.5, 0.6) is 5.88 Å². The van der Waals surface area contributed by atoms with Gasteiger partial charge in [-0.15, -0.1) is 0 Å². The number of aromatic nitrogens is 3. The summed E-state index contributed by atoms with van der Waals surface area (Å²) in [6.45, 7) is 0.505. The number of pyridine rings is 1. The second-order valence-electron chi connectivity index (χ2n) is 5.68. The van der Waals surface area contributed by atoms with Gasteiger partial charge in [-0.05, 0) is 31.2 Å². The molecule has 0 radical (unpaired) electrons. The molecule has 2 aromatic heterocycles. The van der Waals surface area contributed by atoms with Gasteiger partial charge in [-0.1, -0.05) is 17.7 Å². The molecule has 1 aliphatic rings. The van der Waals surface area contributed by atoms with Gasteiger partial charge in [0, 0.05) is 25.9 Å². The number of rotatable bonds is 5. The zero-order chi connectivity index (χ0) is 16.2. The van der Waals surface area contributed by atoms with Crippen LogP contribution in [0.4, 0.5) is 5.69 Å². The van der Waals surface area contributed by atoms with Crippen molar-refractivity contribution in [2.24, 2.45) is 7.05 Å². The quantitative estimate of drug-likeness (QED) is 0.910. The first-order valence-electron chi connectivity index (χ1n) is 7.71. The first-order valence-corrected chi connectivity index (χ1v) is 8.08.